The van der Waals surface area contributed by atoms with Crippen molar-refractivity contribution in [1.29, 1.82) is 0 Å². The molecule has 0 amide bonds. The van der Waals surface area contributed by atoms with Crippen molar-refractivity contribution in [1.82, 2.24) is 5.16 Å². The molecule has 3 aromatic rings. The Bertz CT molecular complexity index is 1100. The second-order valence-electron chi connectivity index (χ2n) is 5.83. The summed E-state index contributed by atoms with van der Waals surface area (Å²) in [7, 11) is 0. The van der Waals surface area contributed by atoms with Gasteiger partial charge in [-0.25, -0.2) is 9.79 Å². The third kappa shape index (κ3) is 3.39. The number of esters is 1. The maximum Gasteiger partial charge on any atom is 0.363 e. The first-order chi connectivity index (χ1) is 13.0. The second kappa shape index (κ2) is 7.02. The molecule has 134 valence electrons. The quantitative estimate of drug-likeness (QED) is 0.443. The lowest BCUT2D eigenvalue weighted by molar-refractivity contribution is -0.129. The van der Waals surface area contributed by atoms with Crippen molar-refractivity contribution in [3.63, 3.8) is 0 Å². The lowest BCUT2D eigenvalue weighted by Gasteiger charge is -2.01. The van der Waals surface area contributed by atoms with Crippen molar-refractivity contribution in [2.75, 3.05) is 0 Å². The fraction of sp³-hybridized carbons (Fsp3) is 0.0500. The summed E-state index contributed by atoms with van der Waals surface area (Å²) in [5, 5.41) is 5.01. The van der Waals surface area contributed by atoms with Crippen LogP contribution in [-0.4, -0.2) is 17.0 Å². The van der Waals surface area contributed by atoms with E-state index in [-0.39, 0.29) is 11.6 Å². The minimum atomic E-state index is -0.573. The van der Waals surface area contributed by atoms with Gasteiger partial charge in [0.2, 0.25) is 5.90 Å². The molecule has 0 spiro atoms. The van der Waals surface area contributed by atoms with Crippen LogP contribution in [0.1, 0.15) is 16.9 Å². The van der Waals surface area contributed by atoms with E-state index < -0.39 is 5.97 Å². The Balaban J connectivity index is 1.76. The van der Waals surface area contributed by atoms with Gasteiger partial charge in [0.1, 0.15) is 17.0 Å². The maximum absolute atomic E-state index is 12.3. The molecule has 0 fully saturated rings. The van der Waals surface area contributed by atoms with Gasteiger partial charge in [-0.15, -0.1) is 0 Å². The molecule has 2 aromatic carbocycles. The van der Waals surface area contributed by atoms with Crippen LogP contribution in [0.15, 0.2) is 63.7 Å². The molecule has 2 heterocycles. The molecular formula is C20H12Cl2N2O3. The summed E-state index contributed by atoms with van der Waals surface area (Å²) < 4.78 is 10.7. The average molecular weight is 399 g/mol. The molecule has 0 bridgehead atoms. The molecule has 0 radical (unpaired) electrons. The Morgan fingerprint density at radius 2 is 1.85 bits per heavy atom. The maximum atomic E-state index is 12.3. The molecule has 0 unspecified atom stereocenters. The van der Waals surface area contributed by atoms with E-state index in [1.54, 1.807) is 31.2 Å². The zero-order valence-corrected chi connectivity index (χ0v) is 15.6. The van der Waals surface area contributed by atoms with Crippen LogP contribution in [0.4, 0.5) is 0 Å². The van der Waals surface area contributed by atoms with Gasteiger partial charge >= 0.3 is 5.97 Å². The Morgan fingerprint density at radius 1 is 1.07 bits per heavy atom. The molecule has 0 saturated heterocycles. The number of carbonyl (C=O) groups excluding carboxylic acids is 1. The summed E-state index contributed by atoms with van der Waals surface area (Å²) in [6, 6.07) is 14.4. The number of aromatic nitrogens is 1. The molecule has 4 rings (SSSR count). The second-order valence-corrected chi connectivity index (χ2v) is 6.67. The molecule has 1 aromatic heterocycles. The van der Waals surface area contributed by atoms with Gasteiger partial charge < -0.3 is 9.26 Å². The normalized spacial score (nSPS) is 15.1. The van der Waals surface area contributed by atoms with E-state index in [0.717, 1.165) is 5.56 Å². The van der Waals surface area contributed by atoms with Crippen molar-refractivity contribution in [3.05, 3.63) is 81.2 Å². The minimum Gasteiger partial charge on any atom is -0.402 e. The van der Waals surface area contributed by atoms with E-state index in [2.05, 4.69) is 10.1 Å². The van der Waals surface area contributed by atoms with E-state index in [9.17, 15) is 4.79 Å². The molecule has 7 heteroatoms. The number of halogens is 2. The molecule has 27 heavy (non-hydrogen) atoms. The van der Waals surface area contributed by atoms with Crippen LogP contribution in [-0.2, 0) is 9.53 Å². The lowest BCUT2D eigenvalue weighted by atomic mass is 10.1. The first kappa shape index (κ1) is 17.5. The highest BCUT2D eigenvalue weighted by molar-refractivity contribution is 6.35. The molecule has 1 aliphatic rings. The van der Waals surface area contributed by atoms with Gasteiger partial charge in [0.25, 0.3) is 0 Å². The monoisotopic (exact) mass is 398 g/mol. The third-order valence-electron chi connectivity index (χ3n) is 4.00. The highest BCUT2D eigenvalue weighted by Gasteiger charge is 2.30. The number of aliphatic imine (C=N–C) groups is 1. The summed E-state index contributed by atoms with van der Waals surface area (Å²) >= 11 is 12.1. The SMILES string of the molecule is Cc1onc(-c2ccccc2)c1C1=N/C(=C/c2ccc(Cl)cc2Cl)C(=O)O1. The molecule has 0 atom stereocenters. The van der Waals surface area contributed by atoms with Gasteiger partial charge in [-0.1, -0.05) is 64.8 Å². The zero-order chi connectivity index (χ0) is 19.0. The average Bonchev–Trinajstić information content (AvgIpc) is 3.21. The summed E-state index contributed by atoms with van der Waals surface area (Å²) in [5.41, 5.74) is 2.68. The Hall–Kier alpha value is -2.89. The van der Waals surface area contributed by atoms with Gasteiger partial charge in [0, 0.05) is 15.6 Å². The first-order valence-corrected chi connectivity index (χ1v) is 8.78. The number of nitrogens with zero attached hydrogens (tertiary/aromatic N) is 2. The van der Waals surface area contributed by atoms with E-state index >= 15 is 0 Å². The van der Waals surface area contributed by atoms with Crippen molar-refractivity contribution in [2.24, 2.45) is 4.99 Å². The third-order valence-corrected chi connectivity index (χ3v) is 4.56. The highest BCUT2D eigenvalue weighted by atomic mass is 35.5. The van der Waals surface area contributed by atoms with Gasteiger partial charge in [0.15, 0.2) is 5.70 Å². The minimum absolute atomic E-state index is 0.133. The van der Waals surface area contributed by atoms with Crippen LogP contribution in [0.5, 0.6) is 0 Å². The number of cyclic esters (lactones) is 1. The van der Waals surface area contributed by atoms with Crippen LogP contribution in [0.2, 0.25) is 10.0 Å². The number of carbonyl (C=O) groups is 1. The lowest BCUT2D eigenvalue weighted by Crippen LogP contribution is -2.07. The number of benzene rings is 2. The molecular weight excluding hydrogens is 387 g/mol. The predicted molar refractivity (Wildman–Crippen MR) is 104 cm³/mol. The fourth-order valence-corrected chi connectivity index (χ4v) is 3.16. The summed E-state index contributed by atoms with van der Waals surface area (Å²) in [5.74, 6) is 0.0794. The topological polar surface area (TPSA) is 64.7 Å². The summed E-state index contributed by atoms with van der Waals surface area (Å²) in [6.07, 6.45) is 1.55. The Labute approximate surface area is 164 Å². The summed E-state index contributed by atoms with van der Waals surface area (Å²) in [4.78, 5) is 16.6. The molecule has 0 N–H and O–H groups in total. The largest absolute Gasteiger partial charge is 0.402 e. The fourth-order valence-electron chi connectivity index (χ4n) is 2.70. The summed E-state index contributed by atoms with van der Waals surface area (Å²) in [6.45, 7) is 1.74. The van der Waals surface area contributed by atoms with Crippen molar-refractivity contribution < 1.29 is 14.1 Å². The van der Waals surface area contributed by atoms with Crippen molar-refractivity contribution >= 4 is 41.1 Å². The van der Waals surface area contributed by atoms with E-state index in [0.29, 0.717) is 32.6 Å². The molecule has 1 aliphatic heterocycles. The van der Waals surface area contributed by atoms with Gasteiger partial charge in [-0.05, 0) is 30.7 Å². The predicted octanol–water partition coefficient (Wildman–Crippen LogP) is 5.30. The van der Waals surface area contributed by atoms with E-state index in [4.69, 9.17) is 32.5 Å². The van der Waals surface area contributed by atoms with Gasteiger partial charge in [0.05, 0.1) is 0 Å². The van der Waals surface area contributed by atoms with Crippen LogP contribution < -0.4 is 0 Å². The van der Waals surface area contributed by atoms with Crippen LogP contribution in [0.25, 0.3) is 17.3 Å². The van der Waals surface area contributed by atoms with Crippen LogP contribution in [0.3, 0.4) is 0 Å². The number of ether oxygens (including phenoxy) is 1. The van der Waals surface area contributed by atoms with E-state index in [1.807, 2.05) is 30.3 Å². The number of hydrogen-bond donors (Lipinski definition) is 0. The Morgan fingerprint density at radius 3 is 2.59 bits per heavy atom. The molecule has 0 saturated carbocycles. The number of rotatable bonds is 3. The number of hydrogen-bond acceptors (Lipinski definition) is 5. The highest BCUT2D eigenvalue weighted by Crippen LogP contribution is 2.30. The van der Waals surface area contributed by atoms with Crippen LogP contribution >= 0.6 is 23.2 Å². The van der Waals surface area contributed by atoms with Crippen LogP contribution in [0, 0.1) is 6.92 Å². The smallest absolute Gasteiger partial charge is 0.363 e. The molecule has 0 aliphatic carbocycles. The standard InChI is InChI=1S/C20H12Cl2N2O3/c1-11-17(18(24-27-11)12-5-3-2-4-6-12)19-23-16(20(25)26-19)9-13-7-8-14(21)10-15(13)22/h2-10H,1H3/b16-9+. The van der Waals surface area contributed by atoms with Gasteiger partial charge in [-0.2, -0.15) is 0 Å². The number of aryl methyl sites for hydroxylation is 1. The Kier molecular flexibility index (Phi) is 4.56. The van der Waals surface area contributed by atoms with Crippen molar-refractivity contribution in [2.45, 2.75) is 6.92 Å². The molecule has 5 nitrogen and oxygen atoms in total. The van der Waals surface area contributed by atoms with Crippen molar-refractivity contribution in [3.8, 4) is 11.3 Å². The zero-order valence-electron chi connectivity index (χ0n) is 14.1. The van der Waals surface area contributed by atoms with E-state index in [1.165, 1.54) is 0 Å². The first-order valence-electron chi connectivity index (χ1n) is 8.02. The van der Waals surface area contributed by atoms with Gasteiger partial charge in [-0.3, -0.25) is 0 Å².